The van der Waals surface area contributed by atoms with E-state index in [4.69, 9.17) is 4.74 Å². The van der Waals surface area contributed by atoms with E-state index in [2.05, 4.69) is 19.3 Å². The van der Waals surface area contributed by atoms with Crippen molar-refractivity contribution in [3.05, 3.63) is 23.8 Å². The summed E-state index contributed by atoms with van der Waals surface area (Å²) >= 11 is 0. The molecule has 7 heteroatoms. The second-order valence-corrected chi connectivity index (χ2v) is 6.62. The van der Waals surface area contributed by atoms with E-state index in [1.807, 2.05) is 20.2 Å². The normalized spacial score (nSPS) is 21.8. The lowest BCUT2D eigenvalue weighted by Crippen LogP contribution is -2.36. The molecule has 134 valence electrons. The summed E-state index contributed by atoms with van der Waals surface area (Å²) in [5.74, 6) is 0.185. The smallest absolute Gasteiger partial charge is 0.395 e. The van der Waals surface area contributed by atoms with Gasteiger partial charge in [0.05, 0.1) is 6.10 Å². The Balaban J connectivity index is 1.65. The van der Waals surface area contributed by atoms with Crippen LogP contribution >= 0.6 is 0 Å². The van der Waals surface area contributed by atoms with Crippen molar-refractivity contribution < 1.29 is 23.0 Å². The molecule has 2 heterocycles. The number of alkyl halides is 2. The van der Waals surface area contributed by atoms with E-state index in [0.717, 1.165) is 44.6 Å². The van der Waals surface area contributed by atoms with Crippen molar-refractivity contribution in [2.75, 3.05) is 40.3 Å². The number of halogens is 2. The van der Waals surface area contributed by atoms with Crippen LogP contribution in [0, 0.1) is 0 Å². The molecule has 1 unspecified atom stereocenters. The van der Waals surface area contributed by atoms with E-state index >= 15 is 0 Å². The molecular formula is C17H24F2N2O3. The number of fused-ring (bicyclic) bond motifs is 1. The van der Waals surface area contributed by atoms with Gasteiger partial charge < -0.3 is 19.1 Å². The van der Waals surface area contributed by atoms with Crippen LogP contribution in [0.5, 0.6) is 11.5 Å². The molecule has 0 aromatic heterocycles. The monoisotopic (exact) mass is 342 g/mol. The summed E-state index contributed by atoms with van der Waals surface area (Å²) in [7, 11) is 4.07. The zero-order valence-corrected chi connectivity index (χ0v) is 14.1. The molecule has 0 bridgehead atoms. The van der Waals surface area contributed by atoms with Crippen molar-refractivity contribution in [2.45, 2.75) is 31.8 Å². The fourth-order valence-corrected chi connectivity index (χ4v) is 3.00. The van der Waals surface area contributed by atoms with Gasteiger partial charge >= 0.3 is 6.29 Å². The van der Waals surface area contributed by atoms with Crippen LogP contribution in [0.2, 0.25) is 0 Å². The molecule has 1 fully saturated rings. The predicted molar refractivity (Wildman–Crippen MR) is 85.5 cm³/mol. The van der Waals surface area contributed by atoms with Crippen LogP contribution in [0.1, 0.15) is 18.4 Å². The maximum Gasteiger partial charge on any atom is 0.586 e. The Labute approximate surface area is 141 Å². The molecule has 5 nitrogen and oxygen atoms in total. The third-order valence-corrected chi connectivity index (χ3v) is 4.22. The molecule has 24 heavy (non-hydrogen) atoms. The Morgan fingerprint density at radius 1 is 1.17 bits per heavy atom. The Morgan fingerprint density at radius 2 is 1.96 bits per heavy atom. The van der Waals surface area contributed by atoms with E-state index in [9.17, 15) is 8.78 Å². The summed E-state index contributed by atoms with van der Waals surface area (Å²) in [6.07, 6.45) is -1.13. The van der Waals surface area contributed by atoms with Gasteiger partial charge in [0.1, 0.15) is 0 Å². The highest BCUT2D eigenvalue weighted by molar-refractivity contribution is 5.45. The minimum Gasteiger partial charge on any atom is -0.395 e. The van der Waals surface area contributed by atoms with Crippen LogP contribution in [-0.2, 0) is 11.3 Å². The van der Waals surface area contributed by atoms with Crippen LogP contribution in [-0.4, -0.2) is 62.5 Å². The van der Waals surface area contributed by atoms with Crippen LogP contribution < -0.4 is 9.47 Å². The minimum atomic E-state index is -3.57. The number of nitrogens with zero attached hydrogens (tertiary/aromatic N) is 2. The molecule has 1 aromatic carbocycles. The molecule has 2 aliphatic heterocycles. The molecule has 0 spiro atoms. The number of rotatable bonds is 7. The van der Waals surface area contributed by atoms with Crippen molar-refractivity contribution in [2.24, 2.45) is 0 Å². The molecule has 2 aliphatic rings. The summed E-state index contributed by atoms with van der Waals surface area (Å²) in [6.45, 7) is 4.15. The maximum absolute atomic E-state index is 13.1. The van der Waals surface area contributed by atoms with Gasteiger partial charge in [0, 0.05) is 32.8 Å². The fraction of sp³-hybridized carbons (Fsp3) is 0.647. The topological polar surface area (TPSA) is 34.2 Å². The molecule has 0 radical (unpaired) electrons. The first kappa shape index (κ1) is 17.4. The Kier molecular flexibility index (Phi) is 5.22. The average molecular weight is 342 g/mol. The van der Waals surface area contributed by atoms with Crippen molar-refractivity contribution in [3.63, 3.8) is 0 Å². The highest BCUT2D eigenvalue weighted by atomic mass is 19.3. The first-order valence-corrected chi connectivity index (χ1v) is 8.29. The van der Waals surface area contributed by atoms with Gasteiger partial charge in [0.25, 0.3) is 0 Å². The molecule has 0 N–H and O–H groups in total. The van der Waals surface area contributed by atoms with E-state index in [1.54, 1.807) is 12.1 Å². The highest BCUT2D eigenvalue weighted by Crippen LogP contribution is 2.41. The number of ether oxygens (including phenoxy) is 3. The first-order chi connectivity index (χ1) is 11.4. The molecule has 1 atom stereocenters. The third kappa shape index (κ3) is 4.55. The van der Waals surface area contributed by atoms with E-state index in [1.165, 1.54) is 0 Å². The van der Waals surface area contributed by atoms with Crippen LogP contribution in [0.25, 0.3) is 0 Å². The Morgan fingerprint density at radius 3 is 2.67 bits per heavy atom. The van der Waals surface area contributed by atoms with Crippen LogP contribution in [0.15, 0.2) is 18.2 Å². The summed E-state index contributed by atoms with van der Waals surface area (Å²) in [5, 5.41) is 0. The zero-order chi connectivity index (χ0) is 17.2. The Hall–Kier alpha value is -1.44. The van der Waals surface area contributed by atoms with Crippen molar-refractivity contribution in [1.29, 1.82) is 0 Å². The number of likely N-dealkylation sites (N-methyl/N-ethyl adjacent to an activating group) is 1. The van der Waals surface area contributed by atoms with Gasteiger partial charge in [0.15, 0.2) is 11.5 Å². The lowest BCUT2D eigenvalue weighted by atomic mass is 10.1. The van der Waals surface area contributed by atoms with Gasteiger partial charge in [-0.1, -0.05) is 6.07 Å². The number of hydrogen-bond acceptors (Lipinski definition) is 5. The van der Waals surface area contributed by atoms with E-state index in [-0.39, 0.29) is 17.6 Å². The average Bonchev–Trinajstić information content (AvgIpc) is 3.10. The molecule has 3 rings (SSSR count). The molecule has 1 aromatic rings. The third-order valence-electron chi connectivity index (χ3n) is 4.22. The van der Waals surface area contributed by atoms with Crippen molar-refractivity contribution in [1.82, 2.24) is 9.80 Å². The highest BCUT2D eigenvalue weighted by Gasteiger charge is 2.43. The second kappa shape index (κ2) is 7.21. The predicted octanol–water partition coefficient (Wildman–Crippen LogP) is 2.55. The lowest BCUT2D eigenvalue weighted by molar-refractivity contribution is -0.286. The van der Waals surface area contributed by atoms with Gasteiger partial charge in [-0.25, -0.2) is 0 Å². The lowest BCUT2D eigenvalue weighted by Gasteiger charge is -2.26. The minimum absolute atomic E-state index is 0.0858. The summed E-state index contributed by atoms with van der Waals surface area (Å²) in [4.78, 5) is 4.42. The molecular weight excluding hydrogens is 318 g/mol. The van der Waals surface area contributed by atoms with Gasteiger partial charge in [-0.2, -0.15) is 0 Å². The molecule has 0 amide bonds. The van der Waals surface area contributed by atoms with Crippen LogP contribution in [0.3, 0.4) is 0 Å². The van der Waals surface area contributed by atoms with Crippen molar-refractivity contribution >= 4 is 0 Å². The summed E-state index contributed by atoms with van der Waals surface area (Å²) < 4.78 is 41.0. The van der Waals surface area contributed by atoms with E-state index < -0.39 is 6.29 Å². The molecule has 0 aliphatic carbocycles. The van der Waals surface area contributed by atoms with E-state index in [0.29, 0.717) is 6.54 Å². The molecule has 1 saturated heterocycles. The second-order valence-electron chi connectivity index (χ2n) is 6.62. The maximum atomic E-state index is 13.1. The molecule has 0 saturated carbocycles. The number of hydrogen-bond donors (Lipinski definition) is 0. The van der Waals surface area contributed by atoms with Crippen molar-refractivity contribution in [3.8, 4) is 11.5 Å². The quantitative estimate of drug-likeness (QED) is 0.761. The number of benzene rings is 1. The van der Waals surface area contributed by atoms with Gasteiger partial charge in [-0.15, -0.1) is 8.78 Å². The SMILES string of the molecule is CN(C)CCN(Cc1ccc2c(c1)OC(F)(F)O2)CC1CCCO1. The standard InChI is InChI=1S/C17H24F2N2O3/c1-20(2)7-8-21(12-14-4-3-9-22-14)11-13-5-6-15-16(10-13)24-17(18,19)23-15/h5-6,10,14H,3-4,7-9,11-12H2,1-2H3. The Bertz CT molecular complexity index is 563. The van der Waals surface area contributed by atoms with Gasteiger partial charge in [-0.05, 0) is 44.6 Å². The fourth-order valence-electron chi connectivity index (χ4n) is 3.00. The van der Waals surface area contributed by atoms with Gasteiger partial charge in [-0.3, -0.25) is 4.90 Å². The van der Waals surface area contributed by atoms with Gasteiger partial charge in [0.2, 0.25) is 0 Å². The summed E-state index contributed by atoms with van der Waals surface area (Å²) in [5.41, 5.74) is 0.923. The first-order valence-electron chi connectivity index (χ1n) is 8.29. The zero-order valence-electron chi connectivity index (χ0n) is 14.1. The largest absolute Gasteiger partial charge is 0.586 e. The van der Waals surface area contributed by atoms with Crippen LogP contribution in [0.4, 0.5) is 8.78 Å². The summed E-state index contributed by atoms with van der Waals surface area (Å²) in [6, 6.07) is 4.98.